The first-order valence-corrected chi connectivity index (χ1v) is 7.90. The minimum Gasteiger partial charge on any atom is -0.316 e. The van der Waals surface area contributed by atoms with Crippen molar-refractivity contribution in [2.45, 2.75) is 19.3 Å². The van der Waals surface area contributed by atoms with Gasteiger partial charge >= 0.3 is 0 Å². The number of hydrogen-bond acceptors (Lipinski definition) is 2. The van der Waals surface area contributed by atoms with Crippen LogP contribution in [0.4, 0.5) is 0 Å². The minimum absolute atomic E-state index is 0.523. The first kappa shape index (κ1) is 15.7. The van der Waals surface area contributed by atoms with Gasteiger partial charge in [-0.15, -0.1) is 0 Å². The SMILES string of the molecule is CCNCCNCC(Cc1ccccc1)c1ccccc1. The van der Waals surface area contributed by atoms with Crippen molar-refractivity contribution in [2.75, 3.05) is 26.2 Å². The van der Waals surface area contributed by atoms with Crippen molar-refractivity contribution < 1.29 is 0 Å². The van der Waals surface area contributed by atoms with Gasteiger partial charge in [-0.25, -0.2) is 0 Å². The Hall–Kier alpha value is -1.64. The van der Waals surface area contributed by atoms with E-state index in [0.717, 1.165) is 32.6 Å². The van der Waals surface area contributed by atoms with Gasteiger partial charge in [-0.2, -0.15) is 0 Å². The normalized spacial score (nSPS) is 12.2. The van der Waals surface area contributed by atoms with Gasteiger partial charge in [0.25, 0.3) is 0 Å². The van der Waals surface area contributed by atoms with E-state index in [1.807, 2.05) is 0 Å². The van der Waals surface area contributed by atoms with Gasteiger partial charge in [0.15, 0.2) is 0 Å². The van der Waals surface area contributed by atoms with Crippen LogP contribution in [0.15, 0.2) is 60.7 Å². The predicted octanol–water partition coefficient (Wildman–Crippen LogP) is 3.21. The molecule has 0 heterocycles. The van der Waals surface area contributed by atoms with Crippen LogP contribution in [0.5, 0.6) is 0 Å². The lowest BCUT2D eigenvalue weighted by Gasteiger charge is -2.18. The van der Waals surface area contributed by atoms with Crippen LogP contribution in [0, 0.1) is 0 Å². The van der Waals surface area contributed by atoms with Gasteiger partial charge in [-0.1, -0.05) is 67.6 Å². The largest absolute Gasteiger partial charge is 0.316 e. The maximum absolute atomic E-state index is 3.58. The highest BCUT2D eigenvalue weighted by Gasteiger charge is 2.11. The quantitative estimate of drug-likeness (QED) is 0.690. The summed E-state index contributed by atoms with van der Waals surface area (Å²) in [6.07, 6.45) is 1.08. The van der Waals surface area contributed by atoms with Crippen LogP contribution < -0.4 is 10.6 Å². The van der Waals surface area contributed by atoms with Crippen molar-refractivity contribution >= 4 is 0 Å². The Morgan fingerprint density at radius 3 is 2.10 bits per heavy atom. The van der Waals surface area contributed by atoms with Crippen LogP contribution in [-0.4, -0.2) is 26.2 Å². The number of benzene rings is 2. The molecule has 2 aromatic rings. The van der Waals surface area contributed by atoms with Crippen LogP contribution in [0.1, 0.15) is 24.0 Å². The topological polar surface area (TPSA) is 24.1 Å². The molecule has 2 heteroatoms. The summed E-state index contributed by atoms with van der Waals surface area (Å²) in [5, 5.41) is 6.93. The third-order valence-electron chi connectivity index (χ3n) is 3.72. The van der Waals surface area contributed by atoms with Gasteiger partial charge in [-0.3, -0.25) is 0 Å². The van der Waals surface area contributed by atoms with E-state index in [4.69, 9.17) is 0 Å². The highest BCUT2D eigenvalue weighted by Crippen LogP contribution is 2.20. The Labute approximate surface area is 128 Å². The molecule has 2 aromatic carbocycles. The zero-order chi connectivity index (χ0) is 14.8. The lowest BCUT2D eigenvalue weighted by molar-refractivity contribution is 0.562. The molecule has 112 valence electrons. The molecule has 0 bridgehead atoms. The minimum atomic E-state index is 0.523. The average molecular weight is 282 g/mol. The van der Waals surface area contributed by atoms with Crippen molar-refractivity contribution in [1.82, 2.24) is 10.6 Å². The standard InChI is InChI=1S/C19H26N2/c1-2-20-13-14-21-16-19(18-11-7-4-8-12-18)15-17-9-5-3-6-10-17/h3-12,19-21H,2,13-16H2,1H3. The molecule has 0 radical (unpaired) electrons. The summed E-state index contributed by atoms with van der Waals surface area (Å²) >= 11 is 0. The monoisotopic (exact) mass is 282 g/mol. The van der Waals surface area contributed by atoms with Gasteiger partial charge < -0.3 is 10.6 Å². The fourth-order valence-electron chi connectivity index (χ4n) is 2.56. The highest BCUT2D eigenvalue weighted by molar-refractivity contribution is 5.24. The third kappa shape index (κ3) is 5.70. The van der Waals surface area contributed by atoms with Crippen LogP contribution in [0.25, 0.3) is 0 Å². The number of hydrogen-bond donors (Lipinski definition) is 2. The molecule has 0 aliphatic carbocycles. The molecule has 1 atom stereocenters. The lowest BCUT2D eigenvalue weighted by atomic mass is 9.92. The Balaban J connectivity index is 1.94. The zero-order valence-electron chi connectivity index (χ0n) is 12.9. The zero-order valence-corrected chi connectivity index (χ0v) is 12.9. The molecule has 0 amide bonds. The van der Waals surface area contributed by atoms with Crippen molar-refractivity contribution in [1.29, 1.82) is 0 Å². The van der Waals surface area contributed by atoms with E-state index in [1.54, 1.807) is 0 Å². The Morgan fingerprint density at radius 2 is 1.43 bits per heavy atom. The summed E-state index contributed by atoms with van der Waals surface area (Å²) < 4.78 is 0. The van der Waals surface area contributed by atoms with E-state index in [1.165, 1.54) is 11.1 Å². The molecule has 2 rings (SSSR count). The molecular weight excluding hydrogens is 256 g/mol. The van der Waals surface area contributed by atoms with Gasteiger partial charge in [0.2, 0.25) is 0 Å². The first-order valence-electron chi connectivity index (χ1n) is 7.90. The van der Waals surface area contributed by atoms with Crippen molar-refractivity contribution in [2.24, 2.45) is 0 Å². The molecule has 2 nitrogen and oxygen atoms in total. The van der Waals surface area contributed by atoms with E-state index in [-0.39, 0.29) is 0 Å². The fraction of sp³-hybridized carbons (Fsp3) is 0.368. The predicted molar refractivity (Wildman–Crippen MR) is 90.7 cm³/mol. The van der Waals surface area contributed by atoms with Crippen molar-refractivity contribution in [3.63, 3.8) is 0 Å². The van der Waals surface area contributed by atoms with E-state index in [9.17, 15) is 0 Å². The number of nitrogens with one attached hydrogen (secondary N) is 2. The second-order valence-electron chi connectivity index (χ2n) is 5.36. The van der Waals surface area contributed by atoms with Gasteiger partial charge in [0.1, 0.15) is 0 Å². The van der Waals surface area contributed by atoms with Crippen molar-refractivity contribution in [3.05, 3.63) is 71.8 Å². The number of rotatable bonds is 9. The molecule has 0 aromatic heterocycles. The fourth-order valence-corrected chi connectivity index (χ4v) is 2.56. The molecule has 0 fully saturated rings. The lowest BCUT2D eigenvalue weighted by Crippen LogP contribution is -2.30. The van der Waals surface area contributed by atoms with Crippen LogP contribution in [-0.2, 0) is 6.42 Å². The maximum atomic E-state index is 3.58. The molecule has 21 heavy (non-hydrogen) atoms. The van der Waals surface area contributed by atoms with Gasteiger partial charge in [-0.05, 0) is 24.1 Å². The summed E-state index contributed by atoms with van der Waals surface area (Å²) in [6.45, 7) is 6.25. The summed E-state index contributed by atoms with van der Waals surface area (Å²) in [5.41, 5.74) is 2.82. The van der Waals surface area contributed by atoms with E-state index < -0.39 is 0 Å². The van der Waals surface area contributed by atoms with Crippen LogP contribution >= 0.6 is 0 Å². The Bertz CT molecular complexity index is 481. The second kappa shape index (κ2) is 9.32. The number of likely N-dealkylation sites (N-methyl/N-ethyl adjacent to an activating group) is 1. The van der Waals surface area contributed by atoms with Gasteiger partial charge in [0, 0.05) is 25.6 Å². The van der Waals surface area contributed by atoms with E-state index in [0.29, 0.717) is 5.92 Å². The van der Waals surface area contributed by atoms with Crippen LogP contribution in [0.3, 0.4) is 0 Å². The third-order valence-corrected chi connectivity index (χ3v) is 3.72. The molecule has 0 aliphatic rings. The molecular formula is C19H26N2. The summed E-state index contributed by atoms with van der Waals surface area (Å²) in [6, 6.07) is 21.6. The molecule has 0 spiro atoms. The van der Waals surface area contributed by atoms with Crippen LogP contribution in [0.2, 0.25) is 0 Å². The van der Waals surface area contributed by atoms with E-state index in [2.05, 4.69) is 78.2 Å². The average Bonchev–Trinajstić information content (AvgIpc) is 2.55. The molecule has 0 aliphatic heterocycles. The van der Waals surface area contributed by atoms with Gasteiger partial charge in [0.05, 0.1) is 0 Å². The first-order chi connectivity index (χ1) is 10.4. The molecule has 1 unspecified atom stereocenters. The molecule has 0 saturated heterocycles. The second-order valence-corrected chi connectivity index (χ2v) is 5.36. The Morgan fingerprint density at radius 1 is 0.810 bits per heavy atom. The summed E-state index contributed by atoms with van der Waals surface area (Å²) in [7, 11) is 0. The smallest absolute Gasteiger partial charge is 0.00769 e. The molecule has 2 N–H and O–H groups in total. The summed E-state index contributed by atoms with van der Waals surface area (Å²) in [4.78, 5) is 0. The summed E-state index contributed by atoms with van der Waals surface area (Å²) in [5.74, 6) is 0.523. The highest BCUT2D eigenvalue weighted by atomic mass is 14.9. The van der Waals surface area contributed by atoms with Crippen molar-refractivity contribution in [3.8, 4) is 0 Å². The molecule has 0 saturated carbocycles. The van der Waals surface area contributed by atoms with E-state index >= 15 is 0 Å². The maximum Gasteiger partial charge on any atom is 0.00769 e. The Kier molecular flexibility index (Phi) is 6.99.